The van der Waals surface area contributed by atoms with Crippen LogP contribution in [0.4, 0.5) is 6.01 Å². The van der Waals surface area contributed by atoms with E-state index in [1.165, 1.54) is 12.8 Å². The fourth-order valence-electron chi connectivity index (χ4n) is 1.86. The molecule has 5 nitrogen and oxygen atoms in total. The molecule has 2 rings (SSSR count). The second-order valence-electron chi connectivity index (χ2n) is 5.10. The van der Waals surface area contributed by atoms with Crippen LogP contribution >= 0.6 is 0 Å². The van der Waals surface area contributed by atoms with Gasteiger partial charge in [0.1, 0.15) is 0 Å². The molecule has 1 heterocycles. The average molecular weight is 224 g/mol. The highest BCUT2D eigenvalue weighted by Gasteiger charge is 2.45. The largest absolute Gasteiger partial charge is 0.406 e. The van der Waals surface area contributed by atoms with Crippen molar-refractivity contribution in [1.82, 2.24) is 10.2 Å². The fraction of sp³-hybridized carbons (Fsp3) is 0.818. The molecule has 0 radical (unpaired) electrons. The molecule has 3 N–H and O–H groups in total. The van der Waals surface area contributed by atoms with Gasteiger partial charge in [-0.3, -0.25) is 0 Å². The highest BCUT2D eigenvalue weighted by atomic mass is 16.4. The van der Waals surface area contributed by atoms with Crippen molar-refractivity contribution >= 4 is 6.01 Å². The van der Waals surface area contributed by atoms with Gasteiger partial charge in [-0.1, -0.05) is 18.9 Å². The number of hydrogen-bond acceptors (Lipinski definition) is 5. The number of rotatable bonds is 5. The minimum atomic E-state index is -0.206. The highest BCUT2D eigenvalue weighted by Crippen LogP contribution is 2.51. The van der Waals surface area contributed by atoms with Gasteiger partial charge in [0, 0.05) is 6.54 Å². The van der Waals surface area contributed by atoms with Gasteiger partial charge in [0.2, 0.25) is 5.89 Å². The normalized spacial score (nSPS) is 19.8. The third kappa shape index (κ3) is 2.19. The van der Waals surface area contributed by atoms with Crippen LogP contribution in [0.5, 0.6) is 0 Å². The van der Waals surface area contributed by atoms with E-state index in [0.29, 0.717) is 23.2 Å². The number of nitrogens with one attached hydrogen (secondary N) is 1. The lowest BCUT2D eigenvalue weighted by atomic mass is 9.92. The summed E-state index contributed by atoms with van der Waals surface area (Å²) in [4.78, 5) is 0. The first-order valence-corrected chi connectivity index (χ1v) is 5.86. The van der Waals surface area contributed by atoms with Crippen LogP contribution in [0.25, 0.3) is 0 Å². The van der Waals surface area contributed by atoms with Crippen LogP contribution in [0.15, 0.2) is 4.42 Å². The molecule has 1 aliphatic rings. The van der Waals surface area contributed by atoms with Crippen LogP contribution < -0.4 is 11.1 Å². The van der Waals surface area contributed by atoms with Crippen LogP contribution in [-0.4, -0.2) is 16.7 Å². The molecule has 0 amide bonds. The Kier molecular flexibility index (Phi) is 2.88. The van der Waals surface area contributed by atoms with E-state index < -0.39 is 0 Å². The first-order valence-electron chi connectivity index (χ1n) is 5.86. The summed E-state index contributed by atoms with van der Waals surface area (Å²) in [5, 5.41) is 11.0. The smallest absolute Gasteiger partial charge is 0.315 e. The Hall–Kier alpha value is -1.10. The van der Waals surface area contributed by atoms with E-state index >= 15 is 0 Å². The lowest BCUT2D eigenvalue weighted by molar-refractivity contribution is 0.374. The standard InChI is InChI=1S/C11H20N4O/c1-7(2)11(4-5-11)6-13-10-15-14-9(16-10)8(3)12/h7-8H,4-6,12H2,1-3H3,(H,13,15). The molecular weight excluding hydrogens is 204 g/mol. The van der Waals surface area contributed by atoms with Gasteiger partial charge in [-0.25, -0.2) is 0 Å². The Labute approximate surface area is 95.8 Å². The zero-order chi connectivity index (χ0) is 11.8. The number of anilines is 1. The van der Waals surface area contributed by atoms with Gasteiger partial charge in [0.25, 0.3) is 0 Å². The first kappa shape index (κ1) is 11.4. The molecule has 1 atom stereocenters. The minimum Gasteiger partial charge on any atom is -0.406 e. The summed E-state index contributed by atoms with van der Waals surface area (Å²) in [5.74, 6) is 1.17. The van der Waals surface area contributed by atoms with Crippen molar-refractivity contribution in [3.63, 3.8) is 0 Å². The molecular formula is C11H20N4O. The van der Waals surface area contributed by atoms with Crippen molar-refractivity contribution in [2.24, 2.45) is 17.1 Å². The number of aromatic nitrogens is 2. The summed E-state index contributed by atoms with van der Waals surface area (Å²) in [5.41, 5.74) is 6.08. The van der Waals surface area contributed by atoms with Crippen molar-refractivity contribution in [2.75, 3.05) is 11.9 Å². The van der Waals surface area contributed by atoms with E-state index in [1.807, 2.05) is 6.92 Å². The van der Waals surface area contributed by atoms with E-state index in [1.54, 1.807) is 0 Å². The Morgan fingerprint density at radius 3 is 2.50 bits per heavy atom. The second-order valence-corrected chi connectivity index (χ2v) is 5.10. The number of hydrogen-bond donors (Lipinski definition) is 2. The van der Waals surface area contributed by atoms with E-state index in [0.717, 1.165) is 6.54 Å². The van der Waals surface area contributed by atoms with Crippen molar-refractivity contribution in [3.8, 4) is 0 Å². The summed E-state index contributed by atoms with van der Waals surface area (Å²) in [7, 11) is 0. The van der Waals surface area contributed by atoms with E-state index in [-0.39, 0.29) is 6.04 Å². The summed E-state index contributed by atoms with van der Waals surface area (Å²) in [6, 6.07) is 0.280. The molecule has 0 aromatic carbocycles. The van der Waals surface area contributed by atoms with Crippen molar-refractivity contribution in [3.05, 3.63) is 5.89 Å². The summed E-state index contributed by atoms with van der Waals surface area (Å²) in [6.45, 7) is 7.25. The maximum Gasteiger partial charge on any atom is 0.315 e. The van der Waals surface area contributed by atoms with Gasteiger partial charge in [-0.05, 0) is 31.1 Å². The summed E-state index contributed by atoms with van der Waals surface area (Å²) in [6.07, 6.45) is 2.57. The Balaban J connectivity index is 1.90. The van der Waals surface area contributed by atoms with Crippen LogP contribution in [0.3, 0.4) is 0 Å². The molecule has 5 heteroatoms. The zero-order valence-corrected chi connectivity index (χ0v) is 10.2. The molecule has 1 aliphatic carbocycles. The van der Waals surface area contributed by atoms with Gasteiger partial charge < -0.3 is 15.5 Å². The zero-order valence-electron chi connectivity index (χ0n) is 10.2. The monoisotopic (exact) mass is 224 g/mol. The van der Waals surface area contributed by atoms with Crippen LogP contribution in [0, 0.1) is 11.3 Å². The summed E-state index contributed by atoms with van der Waals surface area (Å²) < 4.78 is 5.39. The molecule has 1 saturated carbocycles. The first-order chi connectivity index (χ1) is 7.53. The third-order valence-corrected chi connectivity index (χ3v) is 3.54. The molecule has 0 saturated heterocycles. The van der Waals surface area contributed by atoms with Gasteiger partial charge in [-0.2, -0.15) is 0 Å². The molecule has 0 bridgehead atoms. The molecule has 1 fully saturated rings. The quantitative estimate of drug-likeness (QED) is 0.799. The average Bonchev–Trinajstić information content (AvgIpc) is 2.87. The molecule has 90 valence electrons. The van der Waals surface area contributed by atoms with Crippen molar-refractivity contribution in [2.45, 2.75) is 39.7 Å². The maximum atomic E-state index is 5.65. The SMILES string of the molecule is CC(N)c1nnc(NCC2(C(C)C)CC2)o1. The molecule has 1 aromatic rings. The number of nitrogens with zero attached hydrogens (tertiary/aromatic N) is 2. The van der Waals surface area contributed by atoms with Gasteiger partial charge in [0.15, 0.2) is 0 Å². The van der Waals surface area contributed by atoms with Crippen LogP contribution in [-0.2, 0) is 0 Å². The molecule has 0 aliphatic heterocycles. The third-order valence-electron chi connectivity index (χ3n) is 3.54. The Morgan fingerprint density at radius 2 is 2.06 bits per heavy atom. The second kappa shape index (κ2) is 4.05. The highest BCUT2D eigenvalue weighted by molar-refractivity contribution is 5.20. The van der Waals surface area contributed by atoms with Crippen LogP contribution in [0.2, 0.25) is 0 Å². The molecule has 1 aromatic heterocycles. The van der Waals surface area contributed by atoms with Gasteiger partial charge >= 0.3 is 6.01 Å². The Bertz CT molecular complexity index is 355. The van der Waals surface area contributed by atoms with E-state index in [2.05, 4.69) is 29.4 Å². The molecule has 1 unspecified atom stereocenters. The fourth-order valence-corrected chi connectivity index (χ4v) is 1.86. The predicted molar refractivity (Wildman–Crippen MR) is 61.9 cm³/mol. The topological polar surface area (TPSA) is 77.0 Å². The van der Waals surface area contributed by atoms with E-state index in [4.69, 9.17) is 10.2 Å². The minimum absolute atomic E-state index is 0.206. The molecule has 0 spiro atoms. The predicted octanol–water partition coefficient (Wildman–Crippen LogP) is 1.94. The van der Waals surface area contributed by atoms with Gasteiger partial charge in [0.05, 0.1) is 6.04 Å². The number of nitrogens with two attached hydrogens (primary N) is 1. The lowest BCUT2D eigenvalue weighted by Crippen LogP contribution is -2.20. The van der Waals surface area contributed by atoms with E-state index in [9.17, 15) is 0 Å². The van der Waals surface area contributed by atoms with Crippen molar-refractivity contribution < 1.29 is 4.42 Å². The Morgan fingerprint density at radius 1 is 1.38 bits per heavy atom. The lowest BCUT2D eigenvalue weighted by Gasteiger charge is -2.18. The van der Waals surface area contributed by atoms with Gasteiger partial charge in [-0.15, -0.1) is 5.10 Å². The van der Waals surface area contributed by atoms with Crippen molar-refractivity contribution in [1.29, 1.82) is 0 Å². The van der Waals surface area contributed by atoms with Crippen LogP contribution in [0.1, 0.15) is 45.5 Å². The molecule has 16 heavy (non-hydrogen) atoms. The summed E-state index contributed by atoms with van der Waals surface area (Å²) >= 11 is 0. The maximum absolute atomic E-state index is 5.65.